The van der Waals surface area contributed by atoms with Crippen molar-refractivity contribution in [1.82, 2.24) is 15.4 Å². The number of benzene rings is 2. The third-order valence-corrected chi connectivity index (χ3v) is 7.31. The van der Waals surface area contributed by atoms with E-state index in [-0.39, 0.29) is 23.7 Å². The minimum absolute atomic E-state index is 0.00726. The summed E-state index contributed by atoms with van der Waals surface area (Å²) >= 11 is 0. The van der Waals surface area contributed by atoms with E-state index in [4.69, 9.17) is 9.36 Å². The summed E-state index contributed by atoms with van der Waals surface area (Å²) in [5.74, 6) is 0.909. The number of halogens is 1. The van der Waals surface area contributed by atoms with E-state index in [0.717, 1.165) is 23.2 Å². The van der Waals surface area contributed by atoms with Crippen molar-refractivity contribution in [1.29, 1.82) is 0 Å². The first-order valence-corrected chi connectivity index (χ1v) is 12.8. The fraction of sp³-hybridized carbons (Fsp3) is 0.414. The van der Waals surface area contributed by atoms with Gasteiger partial charge in [-0.15, -0.1) is 0 Å². The monoisotopic (exact) mass is 504 g/mol. The van der Waals surface area contributed by atoms with Crippen LogP contribution in [0.1, 0.15) is 57.1 Å². The first kappa shape index (κ1) is 25.0. The van der Waals surface area contributed by atoms with Gasteiger partial charge in [-0.2, -0.15) is 0 Å². The van der Waals surface area contributed by atoms with Crippen molar-refractivity contribution in [3.63, 3.8) is 0 Å². The fourth-order valence-corrected chi connectivity index (χ4v) is 5.36. The summed E-state index contributed by atoms with van der Waals surface area (Å²) in [4.78, 5) is 21.6. The van der Waals surface area contributed by atoms with Crippen LogP contribution >= 0.6 is 0 Å². The Labute approximate surface area is 216 Å². The highest BCUT2D eigenvalue weighted by Gasteiger charge is 2.46. The maximum absolute atomic E-state index is 14.2. The lowest BCUT2D eigenvalue weighted by atomic mass is 9.91. The third-order valence-electron chi connectivity index (χ3n) is 7.31. The summed E-state index contributed by atoms with van der Waals surface area (Å²) in [5, 5.41) is 11.8. The van der Waals surface area contributed by atoms with Crippen LogP contribution in [0.3, 0.4) is 0 Å². The largest absolute Gasteiger partial charge is 0.361 e. The lowest BCUT2D eigenvalue weighted by Gasteiger charge is -2.30. The molecule has 2 aliphatic rings. The highest BCUT2D eigenvalue weighted by Crippen LogP contribution is 2.36. The molecule has 1 N–H and O–H groups in total. The molecule has 0 saturated carbocycles. The molecule has 1 fully saturated rings. The molecule has 7 nitrogen and oxygen atoms in total. The fourth-order valence-electron chi connectivity index (χ4n) is 5.36. The van der Waals surface area contributed by atoms with E-state index in [1.165, 1.54) is 6.07 Å². The van der Waals surface area contributed by atoms with Crippen LogP contribution in [0.5, 0.6) is 0 Å². The highest BCUT2D eigenvalue weighted by atomic mass is 19.1. The smallest absolute Gasteiger partial charge is 0.234 e. The van der Waals surface area contributed by atoms with Crippen molar-refractivity contribution in [2.75, 3.05) is 6.54 Å². The number of carbonyl (C=O) groups is 1. The molecule has 0 spiro atoms. The van der Waals surface area contributed by atoms with Gasteiger partial charge in [0.2, 0.25) is 11.6 Å². The molecule has 194 valence electrons. The second-order valence-electron chi connectivity index (χ2n) is 10.7. The van der Waals surface area contributed by atoms with Crippen LogP contribution in [-0.4, -0.2) is 34.4 Å². The summed E-state index contributed by atoms with van der Waals surface area (Å²) in [6.45, 7) is 10.6. The number of aromatic nitrogens is 1. The number of aryl methyl sites for hydroxylation is 1. The van der Waals surface area contributed by atoms with Crippen LogP contribution in [-0.2, 0) is 15.4 Å². The number of carbonyl (C=O) groups excluding carboxylic acids is 1. The summed E-state index contributed by atoms with van der Waals surface area (Å²) in [7, 11) is 0. The number of hydrogen-bond donors (Lipinski definition) is 1. The van der Waals surface area contributed by atoms with Gasteiger partial charge in [-0.25, -0.2) is 4.39 Å². The molecule has 1 saturated heterocycles. The van der Waals surface area contributed by atoms with E-state index < -0.39 is 11.6 Å². The molecular weight excluding hydrogens is 471 g/mol. The average molecular weight is 505 g/mol. The van der Waals surface area contributed by atoms with E-state index in [1.54, 1.807) is 12.1 Å². The number of amidine groups is 1. The first-order valence-electron chi connectivity index (χ1n) is 12.8. The van der Waals surface area contributed by atoms with Gasteiger partial charge >= 0.3 is 0 Å². The summed E-state index contributed by atoms with van der Waals surface area (Å²) in [6, 6.07) is 15.9. The Kier molecular flexibility index (Phi) is 6.52. The second-order valence-corrected chi connectivity index (χ2v) is 10.7. The van der Waals surface area contributed by atoms with Crippen molar-refractivity contribution in [2.45, 2.75) is 58.7 Å². The predicted octanol–water partition coefficient (Wildman–Crippen LogP) is 5.57. The van der Waals surface area contributed by atoms with E-state index in [1.807, 2.05) is 69.0 Å². The van der Waals surface area contributed by atoms with Gasteiger partial charge in [-0.3, -0.25) is 4.79 Å². The zero-order valence-electron chi connectivity index (χ0n) is 21.9. The van der Waals surface area contributed by atoms with Crippen LogP contribution in [0, 0.1) is 24.6 Å². The molecule has 4 atom stereocenters. The molecule has 1 unspecified atom stereocenters. The van der Waals surface area contributed by atoms with Crippen molar-refractivity contribution in [3.05, 3.63) is 77.4 Å². The number of rotatable bonds is 6. The van der Waals surface area contributed by atoms with Gasteiger partial charge in [0.1, 0.15) is 17.5 Å². The van der Waals surface area contributed by atoms with Crippen LogP contribution in [0.4, 0.5) is 4.39 Å². The van der Waals surface area contributed by atoms with E-state index in [9.17, 15) is 9.18 Å². The normalized spacial score (nSPS) is 24.1. The van der Waals surface area contributed by atoms with Gasteiger partial charge < -0.3 is 19.6 Å². The van der Waals surface area contributed by atoms with Crippen LogP contribution < -0.4 is 5.32 Å². The van der Waals surface area contributed by atoms with Crippen LogP contribution in [0.25, 0.3) is 11.1 Å². The quantitative estimate of drug-likeness (QED) is 0.475. The Balaban J connectivity index is 1.35. The van der Waals surface area contributed by atoms with Gasteiger partial charge in [0.25, 0.3) is 0 Å². The van der Waals surface area contributed by atoms with Crippen molar-refractivity contribution in [3.8, 4) is 11.1 Å². The molecule has 5 rings (SSSR count). The Morgan fingerprint density at radius 3 is 2.57 bits per heavy atom. The minimum Gasteiger partial charge on any atom is -0.361 e. The van der Waals surface area contributed by atoms with Crippen molar-refractivity contribution >= 4 is 11.7 Å². The Morgan fingerprint density at radius 1 is 1.19 bits per heavy atom. The Bertz CT molecular complexity index is 1320. The Hall–Kier alpha value is -3.68. The van der Waals surface area contributed by atoms with Gasteiger partial charge in [0.15, 0.2) is 5.84 Å². The van der Waals surface area contributed by atoms with Crippen LogP contribution in [0.2, 0.25) is 0 Å². The second kappa shape index (κ2) is 9.65. The molecule has 0 radical (unpaired) electrons. The number of nitrogens with one attached hydrogen (secondary N) is 1. The van der Waals surface area contributed by atoms with E-state index in [2.05, 4.69) is 22.6 Å². The molecule has 1 aromatic heterocycles. The number of oxime groups is 1. The number of hydrogen-bond acceptors (Lipinski definition) is 6. The highest BCUT2D eigenvalue weighted by molar-refractivity contribution is 5.94. The lowest BCUT2D eigenvalue weighted by molar-refractivity contribution is -0.134. The molecule has 0 bridgehead atoms. The molecule has 2 aromatic carbocycles. The molecule has 0 aliphatic carbocycles. The Morgan fingerprint density at radius 2 is 1.92 bits per heavy atom. The number of nitrogens with zero attached hydrogens (tertiary/aromatic N) is 3. The molecule has 3 aromatic rings. The zero-order valence-corrected chi connectivity index (χ0v) is 21.9. The molecule has 37 heavy (non-hydrogen) atoms. The maximum atomic E-state index is 14.2. The molecule has 8 heteroatoms. The molecule has 1 amide bonds. The lowest BCUT2D eigenvalue weighted by Crippen LogP contribution is -2.50. The van der Waals surface area contributed by atoms with Gasteiger partial charge in [-0.1, -0.05) is 73.5 Å². The standard InChI is InChI=1S/C29H33FN4O3/c1-17(2)26(25-15-19(4)32-36-25)28(35)34-16-18(3)14-24(34)27-31-29(5,37-33-27)21-12-10-20(11-13-21)22-8-6-7-9-23(22)30/h6-13,15,17-18,24,26H,14,16H2,1-5H3,(H,31,33)/t18-,24+,26-,29?/m1/s1. The number of likely N-dealkylation sites (tertiary alicyclic amines) is 1. The topological polar surface area (TPSA) is 80.0 Å². The summed E-state index contributed by atoms with van der Waals surface area (Å²) in [6.07, 6.45) is 0.781. The molecule has 2 aliphatic heterocycles. The van der Waals surface area contributed by atoms with Crippen LogP contribution in [0.15, 0.2) is 64.3 Å². The number of amides is 1. The van der Waals surface area contributed by atoms with Gasteiger partial charge in [-0.05, 0) is 36.8 Å². The minimum atomic E-state index is -0.900. The first-order chi connectivity index (χ1) is 17.7. The van der Waals surface area contributed by atoms with Gasteiger partial charge in [0.05, 0.1) is 11.7 Å². The predicted molar refractivity (Wildman–Crippen MR) is 139 cm³/mol. The maximum Gasteiger partial charge on any atom is 0.234 e. The SMILES string of the molecule is Cc1cc([C@H](C(=O)N2C[C@H](C)C[C@H]2C2=NOC(C)(c3ccc(-c4ccccc4F)cc3)N2)C(C)C)on1. The zero-order chi connectivity index (χ0) is 26.3. The van der Waals surface area contributed by atoms with Crippen molar-refractivity contribution < 1.29 is 18.5 Å². The molecular formula is C29H33FN4O3. The van der Waals surface area contributed by atoms with Crippen molar-refractivity contribution in [2.24, 2.45) is 17.0 Å². The van der Waals surface area contributed by atoms with Gasteiger partial charge in [0, 0.05) is 30.7 Å². The summed E-state index contributed by atoms with van der Waals surface area (Å²) < 4.78 is 19.7. The third kappa shape index (κ3) is 4.72. The average Bonchev–Trinajstić information content (AvgIpc) is 3.58. The van der Waals surface area contributed by atoms with E-state index >= 15 is 0 Å². The van der Waals surface area contributed by atoms with E-state index in [0.29, 0.717) is 29.6 Å². The summed E-state index contributed by atoms with van der Waals surface area (Å²) in [5.41, 5.74) is 2.04. The molecule has 3 heterocycles.